The first kappa shape index (κ1) is 16.1. The van der Waals surface area contributed by atoms with E-state index in [-0.39, 0.29) is 23.1 Å². The number of hydrogen-bond acceptors (Lipinski definition) is 4. The smallest absolute Gasteiger partial charge is 0.279 e. The van der Waals surface area contributed by atoms with E-state index in [9.17, 15) is 9.59 Å². The predicted molar refractivity (Wildman–Crippen MR) is 86.0 cm³/mol. The van der Waals surface area contributed by atoms with Crippen LogP contribution >= 0.6 is 11.8 Å². The van der Waals surface area contributed by atoms with E-state index in [1.54, 1.807) is 14.0 Å². The maximum absolute atomic E-state index is 12.5. The molecule has 0 radical (unpaired) electrons. The van der Waals surface area contributed by atoms with Gasteiger partial charge in [0.05, 0.1) is 5.69 Å². The number of carbonyl (C=O) groups is 1. The van der Waals surface area contributed by atoms with Gasteiger partial charge in [0.2, 0.25) is 0 Å². The number of amides is 1. The molecule has 2 rings (SSSR count). The fourth-order valence-electron chi connectivity index (χ4n) is 2.83. The summed E-state index contributed by atoms with van der Waals surface area (Å²) >= 11 is 1.95. The molecule has 1 saturated carbocycles. The van der Waals surface area contributed by atoms with E-state index in [4.69, 9.17) is 0 Å². The minimum atomic E-state index is -0.326. The second kappa shape index (κ2) is 6.64. The van der Waals surface area contributed by atoms with Gasteiger partial charge in [0.25, 0.3) is 11.5 Å². The molecule has 2 atom stereocenters. The molecule has 1 amide bonds. The van der Waals surface area contributed by atoms with Gasteiger partial charge in [-0.3, -0.25) is 9.59 Å². The molecule has 0 bridgehead atoms. The summed E-state index contributed by atoms with van der Waals surface area (Å²) in [6, 6.07) is 0.180. The fourth-order valence-corrected chi connectivity index (χ4v) is 3.97. The van der Waals surface area contributed by atoms with Crippen LogP contribution in [-0.4, -0.2) is 32.7 Å². The second-order valence-electron chi connectivity index (χ2n) is 5.57. The highest BCUT2D eigenvalue weighted by molar-refractivity contribution is 7.99. The number of nitrogens with zero attached hydrogens (tertiary/aromatic N) is 2. The van der Waals surface area contributed by atoms with Gasteiger partial charge in [0.1, 0.15) is 5.56 Å². The van der Waals surface area contributed by atoms with E-state index < -0.39 is 0 Å². The maximum atomic E-state index is 12.5. The lowest BCUT2D eigenvalue weighted by atomic mass is 10.1. The number of aromatic nitrogens is 2. The number of rotatable bonds is 4. The Labute approximate surface area is 129 Å². The standard InChI is InChI=1S/C15H23N3O2S/c1-5-21-12-7-6-11(8-12)16-14(19)13-9(2)10(3)17-18(4)15(13)20/h11-12H,5-8H2,1-4H3,(H,16,19). The van der Waals surface area contributed by atoms with Crippen LogP contribution in [0.3, 0.4) is 0 Å². The first-order chi connectivity index (χ1) is 9.93. The van der Waals surface area contributed by atoms with Crippen molar-refractivity contribution in [2.45, 2.75) is 51.3 Å². The lowest BCUT2D eigenvalue weighted by Crippen LogP contribution is -2.39. The Kier molecular flexibility index (Phi) is 5.08. The van der Waals surface area contributed by atoms with Crippen molar-refractivity contribution in [1.82, 2.24) is 15.1 Å². The highest BCUT2D eigenvalue weighted by Crippen LogP contribution is 2.29. The van der Waals surface area contributed by atoms with Crippen molar-refractivity contribution in [3.63, 3.8) is 0 Å². The highest BCUT2D eigenvalue weighted by atomic mass is 32.2. The van der Waals surface area contributed by atoms with Crippen LogP contribution in [-0.2, 0) is 7.05 Å². The third kappa shape index (κ3) is 3.48. The van der Waals surface area contributed by atoms with Crippen molar-refractivity contribution in [3.8, 4) is 0 Å². The molecule has 1 heterocycles. The zero-order valence-corrected chi connectivity index (χ0v) is 13.9. The molecule has 2 unspecified atom stereocenters. The van der Waals surface area contributed by atoms with Crippen LogP contribution in [0.1, 0.15) is 47.8 Å². The van der Waals surface area contributed by atoms with Gasteiger partial charge in [0, 0.05) is 18.3 Å². The summed E-state index contributed by atoms with van der Waals surface area (Å²) in [7, 11) is 1.58. The number of aryl methyl sites for hydroxylation is 2. The van der Waals surface area contributed by atoms with Crippen molar-refractivity contribution in [2.24, 2.45) is 7.05 Å². The van der Waals surface area contributed by atoms with Crippen LogP contribution in [0.4, 0.5) is 0 Å². The van der Waals surface area contributed by atoms with E-state index in [1.807, 2.05) is 18.7 Å². The Balaban J connectivity index is 2.13. The minimum Gasteiger partial charge on any atom is -0.349 e. The molecule has 0 spiro atoms. The third-order valence-electron chi connectivity index (χ3n) is 4.07. The molecular weight excluding hydrogens is 286 g/mol. The summed E-state index contributed by atoms with van der Waals surface area (Å²) < 4.78 is 1.24. The molecule has 0 aromatic carbocycles. The van der Waals surface area contributed by atoms with E-state index in [1.165, 1.54) is 4.68 Å². The summed E-state index contributed by atoms with van der Waals surface area (Å²) in [4.78, 5) is 24.6. The Bertz CT molecular complexity index is 597. The minimum absolute atomic E-state index is 0.180. The van der Waals surface area contributed by atoms with Gasteiger partial charge in [0.15, 0.2) is 0 Å². The fraction of sp³-hybridized carbons (Fsp3) is 0.667. The zero-order chi connectivity index (χ0) is 15.6. The molecule has 1 aromatic heterocycles. The van der Waals surface area contributed by atoms with Crippen LogP contribution < -0.4 is 10.9 Å². The maximum Gasteiger partial charge on any atom is 0.279 e. The lowest BCUT2D eigenvalue weighted by Gasteiger charge is -2.15. The number of carbonyl (C=O) groups excluding carboxylic acids is 1. The lowest BCUT2D eigenvalue weighted by molar-refractivity contribution is 0.0934. The van der Waals surface area contributed by atoms with Gasteiger partial charge in [-0.15, -0.1) is 0 Å². The zero-order valence-electron chi connectivity index (χ0n) is 13.1. The Morgan fingerprint density at radius 3 is 2.81 bits per heavy atom. The number of nitrogens with one attached hydrogen (secondary N) is 1. The molecule has 1 N–H and O–H groups in total. The van der Waals surface area contributed by atoms with Gasteiger partial charge in [-0.25, -0.2) is 4.68 Å². The first-order valence-corrected chi connectivity index (χ1v) is 8.45. The molecule has 116 valence electrons. The monoisotopic (exact) mass is 309 g/mol. The molecule has 5 nitrogen and oxygen atoms in total. The van der Waals surface area contributed by atoms with Crippen LogP contribution in [0.25, 0.3) is 0 Å². The summed E-state index contributed by atoms with van der Waals surface area (Å²) in [5.41, 5.74) is 1.30. The van der Waals surface area contributed by atoms with Gasteiger partial charge in [-0.1, -0.05) is 6.92 Å². The third-order valence-corrected chi connectivity index (χ3v) is 5.31. The Morgan fingerprint density at radius 2 is 2.14 bits per heavy atom. The first-order valence-electron chi connectivity index (χ1n) is 7.41. The summed E-state index contributed by atoms with van der Waals surface area (Å²) in [6.07, 6.45) is 3.12. The molecule has 0 saturated heterocycles. The molecule has 21 heavy (non-hydrogen) atoms. The van der Waals surface area contributed by atoms with E-state index >= 15 is 0 Å². The Morgan fingerprint density at radius 1 is 1.43 bits per heavy atom. The molecular formula is C15H23N3O2S. The van der Waals surface area contributed by atoms with Crippen molar-refractivity contribution in [2.75, 3.05) is 5.75 Å². The topological polar surface area (TPSA) is 64.0 Å². The number of thioether (sulfide) groups is 1. The van der Waals surface area contributed by atoms with Crippen molar-refractivity contribution in [3.05, 3.63) is 27.2 Å². The SMILES string of the molecule is CCSC1CCC(NC(=O)c2c(C)c(C)nn(C)c2=O)C1. The van der Waals surface area contributed by atoms with Crippen LogP contribution in [0.5, 0.6) is 0 Å². The molecule has 1 aliphatic rings. The largest absolute Gasteiger partial charge is 0.349 e. The van der Waals surface area contributed by atoms with E-state index in [0.29, 0.717) is 16.5 Å². The van der Waals surface area contributed by atoms with Crippen LogP contribution in [0.15, 0.2) is 4.79 Å². The second-order valence-corrected chi connectivity index (χ2v) is 7.15. The molecule has 1 aromatic rings. The van der Waals surface area contributed by atoms with Crippen LogP contribution in [0.2, 0.25) is 0 Å². The highest BCUT2D eigenvalue weighted by Gasteiger charge is 2.27. The molecule has 1 aliphatic carbocycles. The van der Waals surface area contributed by atoms with Gasteiger partial charge < -0.3 is 5.32 Å². The Hall–Kier alpha value is -1.30. The summed E-state index contributed by atoms with van der Waals surface area (Å²) in [6.45, 7) is 5.75. The van der Waals surface area contributed by atoms with Crippen molar-refractivity contribution < 1.29 is 4.79 Å². The van der Waals surface area contributed by atoms with E-state index in [2.05, 4.69) is 17.3 Å². The van der Waals surface area contributed by atoms with Crippen molar-refractivity contribution >= 4 is 17.7 Å². The average Bonchev–Trinajstić information content (AvgIpc) is 2.84. The molecule has 0 aliphatic heterocycles. The van der Waals surface area contributed by atoms with Crippen molar-refractivity contribution in [1.29, 1.82) is 0 Å². The quantitative estimate of drug-likeness (QED) is 0.921. The normalized spacial score (nSPS) is 21.5. The number of hydrogen-bond donors (Lipinski definition) is 1. The average molecular weight is 309 g/mol. The molecule has 6 heteroatoms. The summed E-state index contributed by atoms with van der Waals surface area (Å²) in [5.74, 6) is 0.847. The van der Waals surface area contributed by atoms with Crippen LogP contribution in [0, 0.1) is 13.8 Å². The molecule has 1 fully saturated rings. The van der Waals surface area contributed by atoms with Gasteiger partial charge in [-0.2, -0.15) is 16.9 Å². The van der Waals surface area contributed by atoms with Gasteiger partial charge in [-0.05, 0) is 44.4 Å². The predicted octanol–water partition coefficient (Wildman–Crippen LogP) is 1.80. The van der Waals surface area contributed by atoms with Gasteiger partial charge >= 0.3 is 0 Å². The summed E-state index contributed by atoms with van der Waals surface area (Å²) in [5, 5.41) is 7.76. The van der Waals surface area contributed by atoms with E-state index in [0.717, 1.165) is 25.0 Å².